The van der Waals surface area contributed by atoms with E-state index in [0.29, 0.717) is 16.9 Å². The van der Waals surface area contributed by atoms with E-state index >= 15 is 0 Å². The van der Waals surface area contributed by atoms with Crippen molar-refractivity contribution >= 4 is 29.3 Å². The molecule has 0 aliphatic carbocycles. The summed E-state index contributed by atoms with van der Waals surface area (Å²) in [7, 11) is 1.51. The van der Waals surface area contributed by atoms with Crippen LogP contribution in [-0.2, 0) is 4.79 Å². The maximum absolute atomic E-state index is 13.9. The van der Waals surface area contributed by atoms with Gasteiger partial charge in [0.1, 0.15) is 29.0 Å². The highest BCUT2D eigenvalue weighted by molar-refractivity contribution is 6.09. The molecule has 3 aromatic rings. The summed E-state index contributed by atoms with van der Waals surface area (Å²) in [4.78, 5) is 34.7. The number of carbonyl (C=O) groups excluding carboxylic acids is 2. The van der Waals surface area contributed by atoms with Crippen LogP contribution in [0.3, 0.4) is 0 Å². The van der Waals surface area contributed by atoms with Crippen molar-refractivity contribution in [3.05, 3.63) is 99.4 Å². The van der Waals surface area contributed by atoms with Crippen LogP contribution in [0.4, 0.5) is 15.8 Å². The molecule has 0 aromatic heterocycles. The summed E-state index contributed by atoms with van der Waals surface area (Å²) in [5.74, 6) is -1.59. The van der Waals surface area contributed by atoms with Crippen LogP contribution in [0, 0.1) is 27.3 Å². The molecule has 0 spiro atoms. The predicted molar refractivity (Wildman–Crippen MR) is 120 cm³/mol. The van der Waals surface area contributed by atoms with Gasteiger partial charge < -0.3 is 14.8 Å². The number of nitrogens with zero attached hydrogens (tertiary/aromatic N) is 2. The molecule has 9 nitrogen and oxygen atoms in total. The average molecular weight is 461 g/mol. The first kappa shape index (κ1) is 23.6. The Morgan fingerprint density at radius 1 is 1.06 bits per heavy atom. The molecule has 34 heavy (non-hydrogen) atoms. The first-order valence-corrected chi connectivity index (χ1v) is 9.64. The first-order chi connectivity index (χ1) is 16.3. The van der Waals surface area contributed by atoms with Gasteiger partial charge in [-0.25, -0.2) is 9.18 Å². The number of rotatable bonds is 7. The van der Waals surface area contributed by atoms with Crippen LogP contribution in [0.2, 0.25) is 0 Å². The van der Waals surface area contributed by atoms with E-state index in [-0.39, 0.29) is 11.3 Å². The van der Waals surface area contributed by atoms with Crippen LogP contribution in [-0.4, -0.2) is 23.9 Å². The van der Waals surface area contributed by atoms with Crippen LogP contribution in [0.1, 0.15) is 15.9 Å². The van der Waals surface area contributed by atoms with Crippen molar-refractivity contribution in [2.75, 3.05) is 12.4 Å². The second kappa shape index (κ2) is 10.5. The Bertz CT molecular complexity index is 1310. The molecule has 1 N–H and O–H groups in total. The Hall–Kier alpha value is -5.04. The highest BCUT2D eigenvalue weighted by Crippen LogP contribution is 2.22. The zero-order valence-electron chi connectivity index (χ0n) is 17.7. The molecule has 0 bridgehead atoms. The van der Waals surface area contributed by atoms with E-state index in [1.807, 2.05) is 0 Å². The summed E-state index contributed by atoms with van der Waals surface area (Å²) in [6.45, 7) is 0. The van der Waals surface area contributed by atoms with E-state index in [1.54, 1.807) is 30.3 Å². The van der Waals surface area contributed by atoms with Crippen LogP contribution in [0.15, 0.2) is 72.3 Å². The number of nitriles is 1. The summed E-state index contributed by atoms with van der Waals surface area (Å²) in [5, 5.41) is 22.3. The molecule has 3 rings (SSSR count). The largest absolute Gasteiger partial charge is 0.497 e. The van der Waals surface area contributed by atoms with Gasteiger partial charge in [0, 0.05) is 12.1 Å². The maximum atomic E-state index is 13.9. The lowest BCUT2D eigenvalue weighted by Gasteiger charge is -2.07. The fraction of sp³-hybridized carbons (Fsp3) is 0.0417. The highest BCUT2D eigenvalue weighted by atomic mass is 19.1. The van der Waals surface area contributed by atoms with E-state index in [9.17, 15) is 29.4 Å². The van der Waals surface area contributed by atoms with E-state index < -0.39 is 34.0 Å². The molecule has 170 valence electrons. The summed E-state index contributed by atoms with van der Waals surface area (Å²) in [6.07, 6.45) is 1.24. The number of hydrogen-bond donors (Lipinski definition) is 1. The lowest BCUT2D eigenvalue weighted by atomic mass is 10.1. The quantitative estimate of drug-likeness (QED) is 0.137. The third kappa shape index (κ3) is 5.80. The molecule has 0 heterocycles. The van der Waals surface area contributed by atoms with Gasteiger partial charge in [0.05, 0.1) is 23.3 Å². The number of benzene rings is 3. The molecule has 0 saturated heterocycles. The van der Waals surface area contributed by atoms with Gasteiger partial charge in [-0.2, -0.15) is 5.26 Å². The fourth-order valence-corrected chi connectivity index (χ4v) is 2.75. The average Bonchev–Trinajstić information content (AvgIpc) is 2.84. The second-order valence-corrected chi connectivity index (χ2v) is 6.73. The number of methoxy groups -OCH3 is 1. The second-order valence-electron chi connectivity index (χ2n) is 6.73. The van der Waals surface area contributed by atoms with Gasteiger partial charge in [-0.15, -0.1) is 0 Å². The minimum atomic E-state index is -0.947. The Labute approximate surface area is 192 Å². The third-order valence-electron chi connectivity index (χ3n) is 4.50. The number of nitro benzene ring substituents is 1. The summed E-state index contributed by atoms with van der Waals surface area (Å²) < 4.78 is 24.2. The highest BCUT2D eigenvalue weighted by Gasteiger charge is 2.16. The van der Waals surface area contributed by atoms with Gasteiger partial charge in [-0.3, -0.25) is 14.9 Å². The maximum Gasteiger partial charge on any atom is 0.343 e. The zero-order chi connectivity index (χ0) is 24.7. The van der Waals surface area contributed by atoms with Crippen molar-refractivity contribution in [1.29, 1.82) is 5.26 Å². The van der Waals surface area contributed by atoms with Crippen molar-refractivity contribution in [2.45, 2.75) is 0 Å². The Morgan fingerprint density at radius 3 is 2.29 bits per heavy atom. The van der Waals surface area contributed by atoms with Gasteiger partial charge in [0.2, 0.25) is 0 Å². The topological polar surface area (TPSA) is 132 Å². The number of hydrogen-bond acceptors (Lipinski definition) is 7. The summed E-state index contributed by atoms with van der Waals surface area (Å²) in [6, 6.07) is 16.7. The number of amides is 1. The standard InChI is InChI=1S/C24H16FN3O6/c1-33-19-9-4-16(5-10-19)24(30)34-20-7-2-15(3-8-20)12-17(14-26)23(29)27-22-13-18(28(31)32)6-11-21(22)25/h2-13H,1H3,(H,27,29). The molecule has 0 aliphatic rings. The van der Waals surface area contributed by atoms with Crippen LogP contribution in [0.5, 0.6) is 11.5 Å². The number of ether oxygens (including phenoxy) is 2. The van der Waals surface area contributed by atoms with Gasteiger partial charge in [-0.1, -0.05) is 12.1 Å². The number of nitrogens with one attached hydrogen (secondary N) is 1. The minimum Gasteiger partial charge on any atom is -0.497 e. The van der Waals surface area contributed by atoms with Crippen molar-refractivity contribution in [1.82, 2.24) is 0 Å². The molecule has 3 aromatic carbocycles. The number of anilines is 1. The first-order valence-electron chi connectivity index (χ1n) is 9.64. The van der Waals surface area contributed by atoms with E-state index in [4.69, 9.17) is 9.47 Å². The van der Waals surface area contributed by atoms with E-state index in [0.717, 1.165) is 18.2 Å². The summed E-state index contributed by atoms with van der Waals surface area (Å²) in [5.41, 5.74) is -0.467. The van der Waals surface area contributed by atoms with Crippen molar-refractivity contribution in [3.63, 3.8) is 0 Å². The molecule has 10 heteroatoms. The van der Waals surface area contributed by atoms with Gasteiger partial charge >= 0.3 is 5.97 Å². The van der Waals surface area contributed by atoms with Crippen molar-refractivity contribution in [3.8, 4) is 17.6 Å². The molecule has 0 unspecified atom stereocenters. The number of non-ortho nitro benzene ring substituents is 1. The molecule has 0 fully saturated rings. The SMILES string of the molecule is COc1ccc(C(=O)Oc2ccc(C=C(C#N)C(=O)Nc3cc([N+](=O)[O-])ccc3F)cc2)cc1. The van der Waals surface area contributed by atoms with Crippen LogP contribution >= 0.6 is 0 Å². The lowest BCUT2D eigenvalue weighted by molar-refractivity contribution is -0.384. The molecule has 1 amide bonds. The molecular formula is C24H16FN3O6. The molecular weight excluding hydrogens is 445 g/mol. The van der Waals surface area contributed by atoms with E-state index in [2.05, 4.69) is 5.32 Å². The molecule has 0 aliphatic heterocycles. The Kier molecular flexibility index (Phi) is 7.31. The Morgan fingerprint density at radius 2 is 1.71 bits per heavy atom. The van der Waals surface area contributed by atoms with Crippen LogP contribution in [0.25, 0.3) is 6.08 Å². The third-order valence-corrected chi connectivity index (χ3v) is 4.50. The molecule has 0 atom stereocenters. The predicted octanol–water partition coefficient (Wildman–Crippen LogP) is 4.51. The number of carbonyl (C=O) groups is 2. The van der Waals surface area contributed by atoms with Crippen molar-refractivity contribution in [2.24, 2.45) is 0 Å². The number of nitro groups is 1. The monoisotopic (exact) mass is 461 g/mol. The van der Waals surface area contributed by atoms with Gasteiger partial charge in [0.25, 0.3) is 11.6 Å². The molecule has 0 saturated carbocycles. The smallest absolute Gasteiger partial charge is 0.343 e. The number of halogens is 1. The molecule has 0 radical (unpaired) electrons. The minimum absolute atomic E-state index is 0.236. The lowest BCUT2D eigenvalue weighted by Crippen LogP contribution is -2.14. The Balaban J connectivity index is 1.71. The normalized spacial score (nSPS) is 10.7. The van der Waals surface area contributed by atoms with Crippen LogP contribution < -0.4 is 14.8 Å². The zero-order valence-corrected chi connectivity index (χ0v) is 17.7. The van der Waals surface area contributed by atoms with Crippen molar-refractivity contribution < 1.29 is 28.4 Å². The van der Waals surface area contributed by atoms with Gasteiger partial charge in [-0.05, 0) is 54.1 Å². The summed E-state index contributed by atoms with van der Waals surface area (Å²) >= 11 is 0. The number of esters is 1. The van der Waals surface area contributed by atoms with E-state index in [1.165, 1.54) is 37.5 Å². The fourth-order valence-electron chi connectivity index (χ4n) is 2.75. The van der Waals surface area contributed by atoms with Gasteiger partial charge in [0.15, 0.2) is 0 Å².